The van der Waals surface area contributed by atoms with Crippen molar-refractivity contribution in [2.45, 2.75) is 25.8 Å². The lowest BCUT2D eigenvalue weighted by Gasteiger charge is -2.22. The molecule has 1 amide bonds. The molecule has 6 nitrogen and oxygen atoms in total. The quantitative estimate of drug-likeness (QED) is 0.747. The van der Waals surface area contributed by atoms with Gasteiger partial charge in [0.15, 0.2) is 5.69 Å². The number of aryl methyl sites for hydroxylation is 1. The van der Waals surface area contributed by atoms with Crippen molar-refractivity contribution >= 4 is 11.6 Å². The Morgan fingerprint density at radius 1 is 1.19 bits per heavy atom. The lowest BCUT2D eigenvalue weighted by molar-refractivity contribution is 0.102. The van der Waals surface area contributed by atoms with Gasteiger partial charge >= 0.3 is 0 Å². The second kappa shape index (κ2) is 7.72. The molecule has 0 aliphatic carbocycles. The lowest BCUT2D eigenvalue weighted by atomic mass is 10.0. The number of aromatic nitrogens is 3. The molecule has 1 saturated heterocycles. The van der Waals surface area contributed by atoms with Crippen LogP contribution in [0, 0.1) is 6.92 Å². The van der Waals surface area contributed by atoms with Gasteiger partial charge in [-0.3, -0.25) is 14.5 Å². The van der Waals surface area contributed by atoms with Gasteiger partial charge in [0.1, 0.15) is 0 Å². The summed E-state index contributed by atoms with van der Waals surface area (Å²) >= 11 is 0. The average molecular weight is 361 g/mol. The number of nitrogens with zero attached hydrogens (tertiary/aromatic N) is 3. The summed E-state index contributed by atoms with van der Waals surface area (Å²) in [7, 11) is 0. The van der Waals surface area contributed by atoms with Crippen LogP contribution in [0.2, 0.25) is 0 Å². The van der Waals surface area contributed by atoms with Crippen molar-refractivity contribution in [3.8, 4) is 11.1 Å². The van der Waals surface area contributed by atoms with E-state index in [2.05, 4.69) is 20.7 Å². The fourth-order valence-corrected chi connectivity index (χ4v) is 3.39. The number of piperidine rings is 1. The van der Waals surface area contributed by atoms with E-state index in [1.165, 1.54) is 0 Å². The minimum Gasteiger partial charge on any atom is -0.320 e. The van der Waals surface area contributed by atoms with Crippen molar-refractivity contribution in [1.29, 1.82) is 0 Å². The first-order valence-corrected chi connectivity index (χ1v) is 9.29. The molecule has 138 valence electrons. The summed E-state index contributed by atoms with van der Waals surface area (Å²) in [5.74, 6) is -0.188. The van der Waals surface area contributed by atoms with Crippen LogP contribution in [0.25, 0.3) is 11.1 Å². The van der Waals surface area contributed by atoms with E-state index < -0.39 is 0 Å². The number of pyridine rings is 1. The molecule has 0 saturated carbocycles. The van der Waals surface area contributed by atoms with Gasteiger partial charge < -0.3 is 10.6 Å². The maximum atomic E-state index is 12.7. The van der Waals surface area contributed by atoms with Crippen LogP contribution >= 0.6 is 0 Å². The molecule has 0 radical (unpaired) electrons. The topological polar surface area (TPSA) is 71.8 Å². The number of carbonyl (C=O) groups is 1. The summed E-state index contributed by atoms with van der Waals surface area (Å²) in [6.07, 6.45) is 7.64. The normalized spacial score (nSPS) is 16.9. The summed E-state index contributed by atoms with van der Waals surface area (Å²) in [6, 6.07) is 12.1. The van der Waals surface area contributed by atoms with Crippen molar-refractivity contribution < 1.29 is 4.79 Å². The molecular weight excluding hydrogens is 338 g/mol. The average Bonchev–Trinajstić information content (AvgIpc) is 3.21. The summed E-state index contributed by atoms with van der Waals surface area (Å²) < 4.78 is 1.90. The van der Waals surface area contributed by atoms with Crippen molar-refractivity contribution in [1.82, 2.24) is 20.1 Å². The molecule has 2 aromatic heterocycles. The summed E-state index contributed by atoms with van der Waals surface area (Å²) in [5.41, 5.74) is 4.35. The van der Waals surface area contributed by atoms with E-state index in [-0.39, 0.29) is 5.91 Å². The molecule has 1 aliphatic heterocycles. The Bertz CT molecular complexity index is 929. The molecule has 0 bridgehead atoms. The van der Waals surface area contributed by atoms with Gasteiger partial charge in [0.2, 0.25) is 0 Å². The Hall–Kier alpha value is -2.99. The van der Waals surface area contributed by atoms with Gasteiger partial charge in [-0.05, 0) is 67.3 Å². The molecule has 27 heavy (non-hydrogen) atoms. The molecule has 1 unspecified atom stereocenters. The highest BCUT2D eigenvalue weighted by atomic mass is 16.1. The summed E-state index contributed by atoms with van der Waals surface area (Å²) in [5, 5.41) is 10.9. The monoisotopic (exact) mass is 361 g/mol. The number of carbonyl (C=O) groups excluding carboxylic acids is 1. The van der Waals surface area contributed by atoms with Crippen LogP contribution in [-0.2, 0) is 0 Å². The fraction of sp³-hybridized carbons (Fsp3) is 0.286. The SMILES string of the molecule is Cc1ccc(-c2ccncc2)cc1NC(=O)c1ccn(C2CCCNC2)n1. The van der Waals surface area contributed by atoms with Gasteiger partial charge in [-0.1, -0.05) is 12.1 Å². The van der Waals surface area contributed by atoms with E-state index in [1.807, 2.05) is 48.1 Å². The molecule has 6 heteroatoms. The van der Waals surface area contributed by atoms with Crippen LogP contribution in [0.4, 0.5) is 5.69 Å². The third kappa shape index (κ3) is 3.90. The van der Waals surface area contributed by atoms with E-state index in [0.29, 0.717) is 11.7 Å². The lowest BCUT2D eigenvalue weighted by Crippen LogP contribution is -2.32. The minimum absolute atomic E-state index is 0.188. The van der Waals surface area contributed by atoms with E-state index in [1.54, 1.807) is 18.5 Å². The molecule has 1 atom stereocenters. The maximum absolute atomic E-state index is 12.7. The number of hydrogen-bond acceptors (Lipinski definition) is 4. The second-order valence-corrected chi connectivity index (χ2v) is 6.90. The van der Waals surface area contributed by atoms with Gasteiger partial charge in [0, 0.05) is 30.8 Å². The Labute approximate surface area is 158 Å². The van der Waals surface area contributed by atoms with Crippen LogP contribution in [-0.4, -0.2) is 33.8 Å². The van der Waals surface area contributed by atoms with Crippen molar-refractivity contribution in [2.24, 2.45) is 0 Å². The molecule has 2 N–H and O–H groups in total. The Balaban J connectivity index is 1.52. The van der Waals surface area contributed by atoms with Crippen LogP contribution in [0.5, 0.6) is 0 Å². The van der Waals surface area contributed by atoms with Crippen LogP contribution < -0.4 is 10.6 Å². The maximum Gasteiger partial charge on any atom is 0.276 e. The first kappa shape index (κ1) is 17.4. The van der Waals surface area contributed by atoms with Crippen molar-refractivity contribution in [3.05, 3.63) is 66.2 Å². The second-order valence-electron chi connectivity index (χ2n) is 6.90. The molecule has 1 aliphatic rings. The zero-order valence-electron chi connectivity index (χ0n) is 15.4. The van der Waals surface area contributed by atoms with Gasteiger partial charge in [-0.2, -0.15) is 5.10 Å². The number of rotatable bonds is 4. The van der Waals surface area contributed by atoms with Gasteiger partial charge in [0.25, 0.3) is 5.91 Å². The highest BCUT2D eigenvalue weighted by Gasteiger charge is 2.18. The number of amides is 1. The molecule has 3 aromatic rings. The Morgan fingerprint density at radius 2 is 2.04 bits per heavy atom. The molecule has 4 rings (SSSR count). The number of hydrogen-bond donors (Lipinski definition) is 2. The molecule has 1 aromatic carbocycles. The zero-order chi connectivity index (χ0) is 18.6. The standard InChI is InChI=1S/C21H23N5O/c1-15-4-5-17(16-6-10-22-11-7-16)13-20(15)24-21(27)19-8-12-26(25-19)18-3-2-9-23-14-18/h4-8,10-13,18,23H,2-3,9,14H2,1H3,(H,24,27). The summed E-state index contributed by atoms with van der Waals surface area (Å²) in [6.45, 7) is 3.94. The highest BCUT2D eigenvalue weighted by molar-refractivity contribution is 6.03. The van der Waals surface area contributed by atoms with Crippen LogP contribution in [0.1, 0.15) is 34.9 Å². The minimum atomic E-state index is -0.188. The predicted molar refractivity (Wildman–Crippen MR) is 106 cm³/mol. The number of benzene rings is 1. The predicted octanol–water partition coefficient (Wildman–Crippen LogP) is 3.43. The zero-order valence-corrected chi connectivity index (χ0v) is 15.4. The number of nitrogens with one attached hydrogen (secondary N) is 2. The van der Waals surface area contributed by atoms with E-state index in [4.69, 9.17) is 0 Å². The van der Waals surface area contributed by atoms with E-state index in [9.17, 15) is 4.79 Å². The van der Waals surface area contributed by atoms with E-state index in [0.717, 1.165) is 48.3 Å². The Kier molecular flexibility index (Phi) is 4.98. The molecule has 3 heterocycles. The van der Waals surface area contributed by atoms with Crippen molar-refractivity contribution in [2.75, 3.05) is 18.4 Å². The Morgan fingerprint density at radius 3 is 2.81 bits per heavy atom. The van der Waals surface area contributed by atoms with Crippen molar-refractivity contribution in [3.63, 3.8) is 0 Å². The smallest absolute Gasteiger partial charge is 0.276 e. The molecular formula is C21H23N5O. The third-order valence-electron chi connectivity index (χ3n) is 4.99. The van der Waals surface area contributed by atoms with E-state index >= 15 is 0 Å². The molecule has 1 fully saturated rings. The van der Waals surface area contributed by atoms with Crippen LogP contribution in [0.3, 0.4) is 0 Å². The number of anilines is 1. The first-order chi connectivity index (χ1) is 13.2. The fourth-order valence-electron chi connectivity index (χ4n) is 3.39. The van der Waals surface area contributed by atoms with Gasteiger partial charge in [-0.25, -0.2) is 0 Å². The van der Waals surface area contributed by atoms with Crippen LogP contribution in [0.15, 0.2) is 55.0 Å². The molecule has 0 spiro atoms. The highest BCUT2D eigenvalue weighted by Crippen LogP contribution is 2.25. The largest absolute Gasteiger partial charge is 0.320 e. The third-order valence-corrected chi connectivity index (χ3v) is 4.99. The van der Waals surface area contributed by atoms with Gasteiger partial charge in [-0.15, -0.1) is 0 Å². The summed E-state index contributed by atoms with van der Waals surface area (Å²) in [4.78, 5) is 16.8. The first-order valence-electron chi connectivity index (χ1n) is 9.29. The van der Waals surface area contributed by atoms with Gasteiger partial charge in [0.05, 0.1) is 6.04 Å².